The monoisotopic (exact) mass is 427 g/mol. The van der Waals surface area contributed by atoms with Gasteiger partial charge >= 0.3 is 0 Å². The van der Waals surface area contributed by atoms with Crippen LogP contribution >= 0.6 is 0 Å². The maximum absolute atomic E-state index is 12.9. The second kappa shape index (κ2) is 8.17. The summed E-state index contributed by atoms with van der Waals surface area (Å²) in [5.41, 5.74) is 6.75. The van der Waals surface area contributed by atoms with Gasteiger partial charge in [0.1, 0.15) is 11.3 Å². The van der Waals surface area contributed by atoms with Gasteiger partial charge in [0.25, 0.3) is 5.56 Å². The van der Waals surface area contributed by atoms with Crippen molar-refractivity contribution in [2.24, 2.45) is 5.92 Å². The number of aromatic amines is 1. The predicted octanol–water partition coefficient (Wildman–Crippen LogP) is 3.86. The van der Waals surface area contributed by atoms with Crippen LogP contribution in [-0.2, 0) is 25.9 Å². The number of fused-ring (bicyclic) bond motifs is 3. The Balaban J connectivity index is 1.32. The lowest BCUT2D eigenvalue weighted by Gasteiger charge is -2.32. The summed E-state index contributed by atoms with van der Waals surface area (Å²) in [5, 5.41) is 6.24. The number of likely N-dealkylation sites (tertiary alicyclic amines) is 1. The Labute approximate surface area is 187 Å². The second-order valence-corrected chi connectivity index (χ2v) is 9.45. The van der Waals surface area contributed by atoms with Gasteiger partial charge in [0, 0.05) is 48.6 Å². The van der Waals surface area contributed by atoms with E-state index in [-0.39, 0.29) is 5.56 Å². The van der Waals surface area contributed by atoms with Gasteiger partial charge in [0.15, 0.2) is 0 Å². The summed E-state index contributed by atoms with van der Waals surface area (Å²) in [6.45, 7) is 3.99. The van der Waals surface area contributed by atoms with Crippen molar-refractivity contribution in [3.63, 3.8) is 0 Å². The minimum absolute atomic E-state index is 0.0842. The van der Waals surface area contributed by atoms with E-state index >= 15 is 0 Å². The molecule has 164 valence electrons. The van der Waals surface area contributed by atoms with Crippen LogP contribution < -0.4 is 5.56 Å². The number of pyridine rings is 2. The van der Waals surface area contributed by atoms with Gasteiger partial charge in [0.2, 0.25) is 0 Å². The van der Waals surface area contributed by atoms with Crippen molar-refractivity contribution >= 4 is 16.6 Å². The van der Waals surface area contributed by atoms with Crippen LogP contribution in [0.1, 0.15) is 48.1 Å². The van der Waals surface area contributed by atoms with Gasteiger partial charge in [0.05, 0.1) is 0 Å². The number of aryl methyl sites for hydroxylation is 1. The normalized spacial score (nSPS) is 20.8. The van der Waals surface area contributed by atoms with E-state index in [0.29, 0.717) is 5.92 Å². The average Bonchev–Trinajstić information content (AvgIpc) is 3.11. The minimum Gasteiger partial charge on any atom is -0.307 e. The van der Waals surface area contributed by atoms with Crippen molar-refractivity contribution < 1.29 is 0 Å². The Kier molecular flexibility index (Phi) is 5.02. The van der Waals surface area contributed by atoms with Crippen molar-refractivity contribution in [1.82, 2.24) is 24.6 Å². The molecule has 2 aliphatic carbocycles. The minimum atomic E-state index is 0.0842. The fourth-order valence-corrected chi connectivity index (χ4v) is 5.61. The highest BCUT2D eigenvalue weighted by molar-refractivity contribution is 5.96. The first kappa shape index (κ1) is 19.7. The summed E-state index contributed by atoms with van der Waals surface area (Å²) in [7, 11) is 0. The van der Waals surface area contributed by atoms with E-state index in [4.69, 9.17) is 5.10 Å². The number of piperidine rings is 1. The molecule has 3 aromatic rings. The highest BCUT2D eigenvalue weighted by atomic mass is 16.1. The smallest absolute Gasteiger partial charge is 0.253 e. The molecule has 1 N–H and O–H groups in total. The Morgan fingerprint density at radius 2 is 1.91 bits per heavy atom. The lowest BCUT2D eigenvalue weighted by molar-refractivity contribution is 0.154. The van der Waals surface area contributed by atoms with Crippen molar-refractivity contribution in [2.45, 2.75) is 51.6 Å². The number of nitrogens with one attached hydrogen (secondary N) is 1. The number of nitrogens with zero attached hydrogens (tertiary/aromatic N) is 4. The zero-order valence-corrected chi connectivity index (χ0v) is 18.4. The van der Waals surface area contributed by atoms with Gasteiger partial charge in [-0.05, 0) is 74.2 Å². The molecule has 6 nitrogen and oxygen atoms in total. The molecule has 0 amide bonds. The third kappa shape index (κ3) is 3.52. The van der Waals surface area contributed by atoms with Crippen LogP contribution in [0.5, 0.6) is 0 Å². The summed E-state index contributed by atoms with van der Waals surface area (Å²) < 4.78 is 2.09. The van der Waals surface area contributed by atoms with Crippen LogP contribution in [0.4, 0.5) is 0 Å². The van der Waals surface area contributed by atoms with Crippen LogP contribution in [-0.4, -0.2) is 37.7 Å². The maximum atomic E-state index is 12.9. The summed E-state index contributed by atoms with van der Waals surface area (Å²) in [6.07, 6.45) is 16.6. The third-order valence-corrected chi connectivity index (χ3v) is 7.24. The maximum Gasteiger partial charge on any atom is 0.253 e. The lowest BCUT2D eigenvalue weighted by atomic mass is 9.89. The molecule has 32 heavy (non-hydrogen) atoms. The molecule has 6 rings (SSSR count). The molecule has 6 heteroatoms. The van der Waals surface area contributed by atoms with Crippen LogP contribution in [0, 0.1) is 5.92 Å². The summed E-state index contributed by atoms with van der Waals surface area (Å²) in [6, 6.07) is 4.20. The van der Waals surface area contributed by atoms with E-state index in [1.807, 2.05) is 12.4 Å². The molecular weight excluding hydrogens is 398 g/mol. The Morgan fingerprint density at radius 3 is 2.69 bits per heavy atom. The van der Waals surface area contributed by atoms with Crippen molar-refractivity contribution in [3.05, 3.63) is 75.5 Å². The number of allylic oxidation sites excluding steroid dienone is 4. The Bertz CT molecular complexity index is 1270. The van der Waals surface area contributed by atoms with Crippen molar-refractivity contribution in [2.75, 3.05) is 13.1 Å². The lowest BCUT2D eigenvalue weighted by Crippen LogP contribution is -2.36. The van der Waals surface area contributed by atoms with Gasteiger partial charge in [-0.3, -0.25) is 14.7 Å². The molecule has 3 aliphatic rings. The first-order chi connectivity index (χ1) is 15.8. The van der Waals surface area contributed by atoms with E-state index in [1.165, 1.54) is 34.9 Å². The van der Waals surface area contributed by atoms with E-state index in [9.17, 15) is 4.79 Å². The number of hydrogen-bond donors (Lipinski definition) is 1. The molecule has 0 saturated carbocycles. The number of hydrogen-bond acceptors (Lipinski definition) is 4. The van der Waals surface area contributed by atoms with Crippen LogP contribution in [0.3, 0.4) is 0 Å². The van der Waals surface area contributed by atoms with E-state index in [1.54, 1.807) is 0 Å². The van der Waals surface area contributed by atoms with Gasteiger partial charge in [-0.15, -0.1) is 0 Å². The molecule has 1 atom stereocenters. The molecule has 1 unspecified atom stereocenters. The molecule has 0 aromatic carbocycles. The highest BCUT2D eigenvalue weighted by Crippen LogP contribution is 2.34. The quantitative estimate of drug-likeness (QED) is 0.671. The van der Waals surface area contributed by atoms with Gasteiger partial charge in [-0.25, -0.2) is 4.68 Å². The number of rotatable bonds is 5. The van der Waals surface area contributed by atoms with Crippen LogP contribution in [0.15, 0.2) is 47.5 Å². The largest absolute Gasteiger partial charge is 0.307 e. The molecule has 0 spiro atoms. The fourth-order valence-electron chi connectivity index (χ4n) is 5.61. The third-order valence-electron chi connectivity index (χ3n) is 7.24. The fraction of sp³-hybridized carbons (Fsp3) is 0.423. The number of H-pyrrole nitrogens is 1. The standard InChI is InChI=1S/C26H29N5O/c32-26-22-9-2-1-8-21(22)23-24(20-6-3-7-20)29-31(25(23)28-26)17-19-5-4-14-30(16-19)15-18-10-12-27-13-11-18/h3,6-7,10-13,19H,1-2,4-5,8-9,14-17H2,(H,28,32). The van der Waals surface area contributed by atoms with E-state index in [2.05, 4.69) is 49.9 Å². The molecule has 3 aromatic heterocycles. The van der Waals surface area contributed by atoms with E-state index < -0.39 is 0 Å². The summed E-state index contributed by atoms with van der Waals surface area (Å²) >= 11 is 0. The average molecular weight is 428 g/mol. The predicted molar refractivity (Wildman–Crippen MR) is 126 cm³/mol. The molecular formula is C26H29N5O. The second-order valence-electron chi connectivity index (χ2n) is 9.45. The van der Waals surface area contributed by atoms with Crippen molar-refractivity contribution in [3.8, 4) is 0 Å². The Morgan fingerprint density at radius 1 is 1.09 bits per heavy atom. The van der Waals surface area contributed by atoms with Gasteiger partial charge in [-0.1, -0.05) is 18.2 Å². The van der Waals surface area contributed by atoms with E-state index in [0.717, 1.165) is 68.8 Å². The van der Waals surface area contributed by atoms with Gasteiger partial charge in [-0.2, -0.15) is 5.10 Å². The summed E-state index contributed by atoms with van der Waals surface area (Å²) in [4.78, 5) is 22.8. The van der Waals surface area contributed by atoms with Gasteiger partial charge < -0.3 is 4.98 Å². The number of aromatic nitrogens is 4. The van der Waals surface area contributed by atoms with Crippen LogP contribution in [0.25, 0.3) is 16.6 Å². The first-order valence-electron chi connectivity index (χ1n) is 11.9. The van der Waals surface area contributed by atoms with Crippen LogP contribution in [0.2, 0.25) is 0 Å². The molecule has 1 aliphatic heterocycles. The first-order valence-corrected chi connectivity index (χ1v) is 11.9. The molecule has 1 saturated heterocycles. The summed E-state index contributed by atoms with van der Waals surface area (Å²) in [5.74, 6) is 0.520. The molecule has 0 bridgehead atoms. The SMILES string of the molecule is O=c1[nH]c2c(c(C3=CC=C3)nn2CC2CCCN(Cc3ccncc3)C2)c2c1CCCC2. The zero-order chi connectivity index (χ0) is 21.5. The molecule has 4 heterocycles. The topological polar surface area (TPSA) is 66.8 Å². The molecule has 0 radical (unpaired) electrons. The zero-order valence-electron chi connectivity index (χ0n) is 18.4. The Hall–Kier alpha value is -2.99. The molecule has 1 fully saturated rings. The highest BCUT2D eigenvalue weighted by Gasteiger charge is 2.26. The van der Waals surface area contributed by atoms with Crippen molar-refractivity contribution in [1.29, 1.82) is 0 Å².